The van der Waals surface area contributed by atoms with E-state index in [4.69, 9.17) is 0 Å². The van der Waals surface area contributed by atoms with E-state index in [1.165, 1.54) is 12.8 Å². The van der Waals surface area contributed by atoms with Crippen LogP contribution in [0, 0.1) is 5.92 Å². The Bertz CT molecular complexity index is 466. The van der Waals surface area contributed by atoms with Crippen LogP contribution < -0.4 is 10.5 Å². The van der Waals surface area contributed by atoms with Crippen molar-refractivity contribution in [2.75, 3.05) is 23.3 Å². The van der Waals surface area contributed by atoms with Crippen LogP contribution in [0.25, 0.3) is 0 Å². The zero-order valence-corrected chi connectivity index (χ0v) is 13.8. The van der Waals surface area contributed by atoms with Gasteiger partial charge in [0.25, 0.3) is 5.56 Å². The summed E-state index contributed by atoms with van der Waals surface area (Å²) < 4.78 is 1.59. The van der Waals surface area contributed by atoms with Crippen LogP contribution in [-0.4, -0.2) is 28.2 Å². The van der Waals surface area contributed by atoms with E-state index in [1.807, 2.05) is 6.20 Å². The van der Waals surface area contributed by atoms with Crippen molar-refractivity contribution in [2.45, 2.75) is 45.6 Å². The summed E-state index contributed by atoms with van der Waals surface area (Å²) in [5.74, 6) is 0.800. The van der Waals surface area contributed by atoms with Crippen LogP contribution in [0.2, 0.25) is 0 Å². The highest BCUT2D eigenvalue weighted by Crippen LogP contribution is 2.20. The SMILES string of the molecule is CC1CCN(c2cnn(CCCCCBr)c(=O)c2)CC1. The number of rotatable bonds is 6. The number of piperidine rings is 1. The number of unbranched alkanes of at least 4 members (excludes halogenated alkanes) is 2. The molecule has 0 aromatic carbocycles. The Labute approximate surface area is 129 Å². The molecule has 0 unspecified atom stereocenters. The van der Waals surface area contributed by atoms with Crippen molar-refractivity contribution < 1.29 is 0 Å². The quantitative estimate of drug-likeness (QED) is 0.589. The molecule has 0 radical (unpaired) electrons. The maximum absolute atomic E-state index is 12.1. The molecule has 0 bridgehead atoms. The zero-order chi connectivity index (χ0) is 14.4. The van der Waals surface area contributed by atoms with Gasteiger partial charge in [0.1, 0.15) is 0 Å². The molecule has 0 amide bonds. The molecule has 5 heteroatoms. The summed E-state index contributed by atoms with van der Waals surface area (Å²) in [4.78, 5) is 14.4. The van der Waals surface area contributed by atoms with Crippen molar-refractivity contribution in [3.8, 4) is 0 Å². The molecule has 1 aromatic heterocycles. The van der Waals surface area contributed by atoms with Crippen molar-refractivity contribution in [3.63, 3.8) is 0 Å². The molecule has 0 N–H and O–H groups in total. The van der Waals surface area contributed by atoms with Gasteiger partial charge in [-0.25, -0.2) is 4.68 Å². The molecule has 0 spiro atoms. The Morgan fingerprint density at radius 3 is 2.70 bits per heavy atom. The molecular weight excluding hydrogens is 318 g/mol. The summed E-state index contributed by atoms with van der Waals surface area (Å²) in [7, 11) is 0. The number of halogens is 1. The highest BCUT2D eigenvalue weighted by Gasteiger charge is 2.16. The lowest BCUT2D eigenvalue weighted by Crippen LogP contribution is -2.34. The van der Waals surface area contributed by atoms with Crippen LogP contribution in [0.3, 0.4) is 0 Å². The molecule has 1 aliphatic heterocycles. The largest absolute Gasteiger partial charge is 0.370 e. The first-order chi connectivity index (χ1) is 9.70. The van der Waals surface area contributed by atoms with Gasteiger partial charge in [-0.1, -0.05) is 29.3 Å². The Morgan fingerprint density at radius 1 is 1.30 bits per heavy atom. The molecule has 0 saturated carbocycles. The molecule has 1 aromatic rings. The number of hydrogen-bond donors (Lipinski definition) is 0. The van der Waals surface area contributed by atoms with Crippen LogP contribution in [0.1, 0.15) is 39.0 Å². The molecule has 112 valence electrons. The molecular formula is C15H24BrN3O. The highest BCUT2D eigenvalue weighted by molar-refractivity contribution is 9.09. The van der Waals surface area contributed by atoms with Gasteiger partial charge in [-0.05, 0) is 31.6 Å². The number of aromatic nitrogens is 2. The molecule has 20 heavy (non-hydrogen) atoms. The zero-order valence-electron chi connectivity index (χ0n) is 12.2. The first-order valence-corrected chi connectivity index (χ1v) is 8.71. The molecule has 0 aliphatic carbocycles. The second kappa shape index (κ2) is 7.81. The highest BCUT2D eigenvalue weighted by atomic mass is 79.9. The van der Waals surface area contributed by atoms with Crippen molar-refractivity contribution in [1.82, 2.24) is 9.78 Å². The summed E-state index contributed by atoms with van der Waals surface area (Å²) in [6, 6.07) is 1.74. The Balaban J connectivity index is 1.93. The van der Waals surface area contributed by atoms with E-state index in [9.17, 15) is 4.79 Å². The van der Waals surface area contributed by atoms with Gasteiger partial charge < -0.3 is 4.90 Å². The van der Waals surface area contributed by atoms with Gasteiger partial charge in [-0.2, -0.15) is 5.10 Å². The van der Waals surface area contributed by atoms with Gasteiger partial charge in [0.05, 0.1) is 11.9 Å². The lowest BCUT2D eigenvalue weighted by atomic mass is 9.99. The Kier molecular flexibility index (Phi) is 6.07. The minimum atomic E-state index is 0.0277. The molecule has 1 aliphatic rings. The van der Waals surface area contributed by atoms with Crippen LogP contribution in [0.15, 0.2) is 17.1 Å². The maximum Gasteiger partial charge on any atom is 0.268 e. The standard InChI is InChI=1S/C15H24BrN3O/c1-13-5-9-18(10-6-13)14-11-15(20)19(17-12-14)8-4-2-3-7-16/h11-13H,2-10H2,1H3. The molecule has 1 saturated heterocycles. The normalized spacial score (nSPS) is 16.6. The summed E-state index contributed by atoms with van der Waals surface area (Å²) in [6.07, 6.45) is 7.55. The van der Waals surface area contributed by atoms with Gasteiger partial charge in [-0.15, -0.1) is 0 Å². The van der Waals surface area contributed by atoms with E-state index >= 15 is 0 Å². The first kappa shape index (κ1) is 15.5. The number of hydrogen-bond acceptors (Lipinski definition) is 3. The maximum atomic E-state index is 12.1. The van der Waals surface area contributed by atoms with Crippen molar-refractivity contribution in [2.24, 2.45) is 5.92 Å². The van der Waals surface area contributed by atoms with E-state index < -0.39 is 0 Å². The van der Waals surface area contributed by atoms with Gasteiger partial charge in [0.2, 0.25) is 0 Å². The van der Waals surface area contributed by atoms with E-state index in [0.29, 0.717) is 0 Å². The lowest BCUT2D eigenvalue weighted by Gasteiger charge is -2.31. The van der Waals surface area contributed by atoms with Crippen LogP contribution in [0.5, 0.6) is 0 Å². The van der Waals surface area contributed by atoms with Crippen molar-refractivity contribution in [3.05, 3.63) is 22.6 Å². The van der Waals surface area contributed by atoms with E-state index in [0.717, 1.165) is 55.8 Å². The fourth-order valence-electron chi connectivity index (χ4n) is 2.56. The Hall–Kier alpha value is -0.840. The Morgan fingerprint density at radius 2 is 2.05 bits per heavy atom. The van der Waals surface area contributed by atoms with Crippen LogP contribution >= 0.6 is 15.9 Å². The monoisotopic (exact) mass is 341 g/mol. The molecule has 4 nitrogen and oxygen atoms in total. The van der Waals surface area contributed by atoms with Crippen LogP contribution in [0.4, 0.5) is 5.69 Å². The molecule has 0 atom stereocenters. The third-order valence-electron chi connectivity index (χ3n) is 4.01. The summed E-state index contributed by atoms with van der Waals surface area (Å²) in [6.45, 7) is 5.10. The van der Waals surface area contributed by atoms with E-state index in [1.54, 1.807) is 10.7 Å². The van der Waals surface area contributed by atoms with Crippen LogP contribution in [-0.2, 0) is 6.54 Å². The molecule has 2 heterocycles. The predicted octanol–water partition coefficient (Wildman–Crippen LogP) is 3.04. The molecule has 2 rings (SSSR count). The van der Waals surface area contributed by atoms with Crippen molar-refractivity contribution in [1.29, 1.82) is 0 Å². The second-order valence-corrected chi connectivity index (χ2v) is 6.49. The van der Waals surface area contributed by atoms with Gasteiger partial charge >= 0.3 is 0 Å². The third-order valence-corrected chi connectivity index (χ3v) is 4.57. The number of anilines is 1. The summed E-state index contributed by atoms with van der Waals surface area (Å²) >= 11 is 3.42. The lowest BCUT2D eigenvalue weighted by molar-refractivity contribution is 0.437. The summed E-state index contributed by atoms with van der Waals surface area (Å²) in [5.41, 5.74) is 1.01. The summed E-state index contributed by atoms with van der Waals surface area (Å²) in [5, 5.41) is 5.35. The topological polar surface area (TPSA) is 38.1 Å². The minimum absolute atomic E-state index is 0.0277. The average molecular weight is 342 g/mol. The second-order valence-electron chi connectivity index (χ2n) is 5.69. The van der Waals surface area contributed by atoms with E-state index in [-0.39, 0.29) is 5.56 Å². The van der Waals surface area contributed by atoms with Gasteiger partial charge in [0.15, 0.2) is 0 Å². The number of alkyl halides is 1. The first-order valence-electron chi connectivity index (χ1n) is 7.59. The number of aryl methyl sites for hydroxylation is 1. The van der Waals surface area contributed by atoms with Gasteiger partial charge in [0, 0.05) is 31.0 Å². The number of nitrogens with zero attached hydrogens (tertiary/aromatic N) is 3. The fourth-order valence-corrected chi connectivity index (χ4v) is 2.96. The van der Waals surface area contributed by atoms with Gasteiger partial charge in [-0.3, -0.25) is 4.79 Å². The average Bonchev–Trinajstić information content (AvgIpc) is 2.46. The van der Waals surface area contributed by atoms with E-state index in [2.05, 4.69) is 32.9 Å². The fraction of sp³-hybridized carbons (Fsp3) is 0.733. The van der Waals surface area contributed by atoms with Crippen molar-refractivity contribution >= 4 is 21.6 Å². The third kappa shape index (κ3) is 4.33. The molecule has 1 fully saturated rings. The minimum Gasteiger partial charge on any atom is -0.370 e. The smallest absolute Gasteiger partial charge is 0.268 e. The predicted molar refractivity (Wildman–Crippen MR) is 86.8 cm³/mol.